The molecule has 0 aliphatic carbocycles. The number of carboxylic acid groups (broad SMARTS) is 1. The third kappa shape index (κ3) is 2.44. The molecule has 3 rings (SSSR count). The van der Waals surface area contributed by atoms with Crippen LogP contribution < -0.4 is 0 Å². The Morgan fingerprint density at radius 3 is 2.62 bits per heavy atom. The van der Waals surface area contributed by atoms with Crippen LogP contribution in [-0.2, 0) is 30.8 Å². The summed E-state index contributed by atoms with van der Waals surface area (Å²) < 4.78 is 2.23. The van der Waals surface area contributed by atoms with E-state index in [0.29, 0.717) is 6.42 Å². The molecule has 1 aliphatic rings. The van der Waals surface area contributed by atoms with E-state index in [1.165, 1.54) is 22.0 Å². The SMILES string of the molecule is CCn1cc(CC(C)C(=O)O)c2cc3c(cc21)CN(C)C3. The fraction of sp³-hybridized carbons (Fsp3) is 0.471. The predicted octanol–water partition coefficient (Wildman–Crippen LogP) is 2.87. The molecule has 1 unspecified atom stereocenters. The van der Waals surface area contributed by atoms with Crippen molar-refractivity contribution in [3.63, 3.8) is 0 Å². The number of fused-ring (bicyclic) bond motifs is 2. The lowest BCUT2D eigenvalue weighted by atomic mass is 9.99. The molecule has 1 atom stereocenters. The van der Waals surface area contributed by atoms with Crippen LogP contribution in [0.2, 0.25) is 0 Å². The average molecular weight is 286 g/mol. The second-order valence-corrected chi connectivity index (χ2v) is 6.19. The van der Waals surface area contributed by atoms with Crippen molar-refractivity contribution in [2.45, 2.75) is 39.9 Å². The Labute approximate surface area is 125 Å². The van der Waals surface area contributed by atoms with Crippen LogP contribution >= 0.6 is 0 Å². The molecule has 0 fully saturated rings. The van der Waals surface area contributed by atoms with Crippen molar-refractivity contribution >= 4 is 16.9 Å². The van der Waals surface area contributed by atoms with Crippen LogP contribution in [-0.4, -0.2) is 27.6 Å². The van der Waals surface area contributed by atoms with Gasteiger partial charge in [-0.1, -0.05) is 6.92 Å². The molecule has 2 aromatic rings. The van der Waals surface area contributed by atoms with Gasteiger partial charge in [0.1, 0.15) is 0 Å². The number of carbonyl (C=O) groups is 1. The van der Waals surface area contributed by atoms with E-state index < -0.39 is 5.97 Å². The first-order valence-electron chi connectivity index (χ1n) is 7.54. The van der Waals surface area contributed by atoms with Crippen molar-refractivity contribution in [1.82, 2.24) is 9.47 Å². The number of aryl methyl sites for hydroxylation is 1. The second-order valence-electron chi connectivity index (χ2n) is 6.19. The lowest BCUT2D eigenvalue weighted by molar-refractivity contribution is -0.141. The summed E-state index contributed by atoms with van der Waals surface area (Å²) in [5, 5.41) is 10.4. The van der Waals surface area contributed by atoms with E-state index in [1.54, 1.807) is 6.92 Å². The Morgan fingerprint density at radius 1 is 1.33 bits per heavy atom. The summed E-state index contributed by atoms with van der Waals surface area (Å²) in [7, 11) is 2.13. The monoisotopic (exact) mass is 286 g/mol. The molecule has 4 heteroatoms. The highest BCUT2D eigenvalue weighted by atomic mass is 16.4. The van der Waals surface area contributed by atoms with Crippen LogP contribution in [0.1, 0.15) is 30.5 Å². The zero-order valence-electron chi connectivity index (χ0n) is 12.9. The van der Waals surface area contributed by atoms with Gasteiger partial charge in [0.15, 0.2) is 0 Å². The molecule has 1 aliphatic heterocycles. The van der Waals surface area contributed by atoms with Gasteiger partial charge in [-0.15, -0.1) is 0 Å². The fourth-order valence-electron chi connectivity index (χ4n) is 3.27. The first-order chi connectivity index (χ1) is 9.99. The first-order valence-corrected chi connectivity index (χ1v) is 7.54. The standard InChI is InChI=1S/C17H22N2O2/c1-4-19-10-14(5-11(2)17(20)21)15-6-12-8-18(3)9-13(12)7-16(15)19/h6-7,10-11H,4-5,8-9H2,1-3H3,(H,20,21). The number of nitrogens with zero attached hydrogens (tertiary/aromatic N) is 2. The van der Waals surface area contributed by atoms with Crippen LogP contribution in [0.4, 0.5) is 0 Å². The van der Waals surface area contributed by atoms with Gasteiger partial charge in [-0.05, 0) is 49.2 Å². The summed E-state index contributed by atoms with van der Waals surface area (Å²) in [6.45, 7) is 6.80. The molecular formula is C17H22N2O2. The number of rotatable bonds is 4. The zero-order chi connectivity index (χ0) is 15.1. The molecule has 112 valence electrons. The van der Waals surface area contributed by atoms with E-state index in [1.807, 2.05) is 0 Å². The predicted molar refractivity (Wildman–Crippen MR) is 83.3 cm³/mol. The molecule has 21 heavy (non-hydrogen) atoms. The van der Waals surface area contributed by atoms with Gasteiger partial charge in [0.25, 0.3) is 0 Å². The van der Waals surface area contributed by atoms with Crippen molar-refractivity contribution in [3.8, 4) is 0 Å². The van der Waals surface area contributed by atoms with Crippen molar-refractivity contribution in [3.05, 3.63) is 35.0 Å². The van der Waals surface area contributed by atoms with E-state index in [9.17, 15) is 4.79 Å². The fourth-order valence-corrected chi connectivity index (χ4v) is 3.27. The molecule has 4 nitrogen and oxygen atoms in total. The molecule has 0 spiro atoms. The number of hydrogen-bond donors (Lipinski definition) is 1. The normalized spacial score (nSPS) is 16.3. The third-order valence-electron chi connectivity index (χ3n) is 4.45. The molecule has 0 saturated carbocycles. The third-order valence-corrected chi connectivity index (χ3v) is 4.45. The maximum atomic E-state index is 11.1. The lowest BCUT2D eigenvalue weighted by Crippen LogP contribution is -2.12. The molecule has 0 radical (unpaired) electrons. The summed E-state index contributed by atoms with van der Waals surface area (Å²) in [6.07, 6.45) is 2.72. The maximum absolute atomic E-state index is 11.1. The topological polar surface area (TPSA) is 45.5 Å². The minimum Gasteiger partial charge on any atom is -0.481 e. The van der Waals surface area contributed by atoms with Crippen LogP contribution in [0, 0.1) is 5.92 Å². The molecule has 2 heterocycles. The lowest BCUT2D eigenvalue weighted by Gasteiger charge is -2.05. The Bertz CT molecular complexity index is 702. The minimum atomic E-state index is -0.728. The van der Waals surface area contributed by atoms with E-state index in [0.717, 1.165) is 25.2 Å². The second kappa shape index (κ2) is 5.19. The summed E-state index contributed by atoms with van der Waals surface area (Å²) in [5.41, 5.74) is 5.16. The number of carboxylic acids is 1. The molecule has 0 saturated heterocycles. The number of aliphatic carboxylic acids is 1. The molecule has 1 aromatic heterocycles. The van der Waals surface area contributed by atoms with Crippen molar-refractivity contribution in [1.29, 1.82) is 0 Å². The van der Waals surface area contributed by atoms with Gasteiger partial charge in [0.05, 0.1) is 5.92 Å². The molecule has 0 amide bonds. The Morgan fingerprint density at radius 2 is 2.00 bits per heavy atom. The van der Waals surface area contributed by atoms with Crippen molar-refractivity contribution in [2.75, 3.05) is 7.05 Å². The van der Waals surface area contributed by atoms with Gasteiger partial charge in [0.2, 0.25) is 0 Å². The number of aromatic nitrogens is 1. The molecular weight excluding hydrogens is 264 g/mol. The maximum Gasteiger partial charge on any atom is 0.306 e. The van der Waals surface area contributed by atoms with Gasteiger partial charge in [0, 0.05) is 36.7 Å². The Balaban J connectivity index is 2.09. The smallest absolute Gasteiger partial charge is 0.306 e. The quantitative estimate of drug-likeness (QED) is 0.940. The van der Waals surface area contributed by atoms with Gasteiger partial charge in [-0.2, -0.15) is 0 Å². The first kappa shape index (κ1) is 14.1. The highest BCUT2D eigenvalue weighted by Gasteiger charge is 2.20. The summed E-state index contributed by atoms with van der Waals surface area (Å²) in [5.74, 6) is -1.08. The van der Waals surface area contributed by atoms with Crippen LogP contribution in [0.3, 0.4) is 0 Å². The van der Waals surface area contributed by atoms with E-state index in [-0.39, 0.29) is 5.92 Å². The Hall–Kier alpha value is -1.81. The van der Waals surface area contributed by atoms with E-state index in [2.05, 4.69) is 41.8 Å². The average Bonchev–Trinajstić information content (AvgIpc) is 2.95. The largest absolute Gasteiger partial charge is 0.481 e. The van der Waals surface area contributed by atoms with E-state index >= 15 is 0 Å². The number of benzene rings is 1. The van der Waals surface area contributed by atoms with Crippen LogP contribution in [0.15, 0.2) is 18.3 Å². The number of hydrogen-bond acceptors (Lipinski definition) is 2. The molecule has 1 N–H and O–H groups in total. The molecule has 1 aromatic carbocycles. The zero-order valence-corrected chi connectivity index (χ0v) is 12.9. The summed E-state index contributed by atoms with van der Waals surface area (Å²) in [4.78, 5) is 13.4. The van der Waals surface area contributed by atoms with Gasteiger partial charge < -0.3 is 9.67 Å². The van der Waals surface area contributed by atoms with Crippen molar-refractivity contribution < 1.29 is 9.90 Å². The van der Waals surface area contributed by atoms with Crippen LogP contribution in [0.25, 0.3) is 10.9 Å². The summed E-state index contributed by atoms with van der Waals surface area (Å²) >= 11 is 0. The van der Waals surface area contributed by atoms with Gasteiger partial charge in [-0.25, -0.2) is 0 Å². The summed E-state index contributed by atoms with van der Waals surface area (Å²) in [6, 6.07) is 4.55. The Kier molecular flexibility index (Phi) is 3.49. The highest BCUT2D eigenvalue weighted by Crippen LogP contribution is 2.31. The van der Waals surface area contributed by atoms with Gasteiger partial charge >= 0.3 is 5.97 Å². The van der Waals surface area contributed by atoms with Crippen molar-refractivity contribution in [2.24, 2.45) is 5.92 Å². The minimum absolute atomic E-state index is 0.350. The van der Waals surface area contributed by atoms with E-state index in [4.69, 9.17) is 5.11 Å². The van der Waals surface area contributed by atoms with Crippen LogP contribution in [0.5, 0.6) is 0 Å². The van der Waals surface area contributed by atoms with Gasteiger partial charge in [-0.3, -0.25) is 9.69 Å². The highest BCUT2D eigenvalue weighted by molar-refractivity contribution is 5.86. The molecule has 0 bridgehead atoms.